The lowest BCUT2D eigenvalue weighted by atomic mass is 9.85. The minimum Gasteiger partial charge on any atom is -0.384 e. The first-order valence-electron chi connectivity index (χ1n) is 5.06. The van der Waals surface area contributed by atoms with Crippen molar-refractivity contribution in [2.75, 3.05) is 11.9 Å². The molecule has 1 aromatic rings. The maximum atomic E-state index is 6.12. The zero-order valence-electron chi connectivity index (χ0n) is 8.19. The van der Waals surface area contributed by atoms with Gasteiger partial charge in [0.25, 0.3) is 0 Å². The Bertz CT molecular complexity index is 364. The highest BCUT2D eigenvalue weighted by Crippen LogP contribution is 2.36. The van der Waals surface area contributed by atoms with E-state index >= 15 is 0 Å². The van der Waals surface area contributed by atoms with Gasteiger partial charge in [-0.3, -0.25) is 0 Å². The summed E-state index contributed by atoms with van der Waals surface area (Å²) >= 11 is 15.5. The van der Waals surface area contributed by atoms with E-state index in [2.05, 4.69) is 21.2 Å². The van der Waals surface area contributed by atoms with Crippen molar-refractivity contribution < 1.29 is 0 Å². The summed E-state index contributed by atoms with van der Waals surface area (Å²) < 4.78 is 0.836. The van der Waals surface area contributed by atoms with Crippen LogP contribution in [0.25, 0.3) is 0 Å². The van der Waals surface area contributed by atoms with Gasteiger partial charge in [-0.05, 0) is 46.8 Å². The van der Waals surface area contributed by atoms with Crippen LogP contribution >= 0.6 is 39.1 Å². The molecule has 0 amide bonds. The Morgan fingerprint density at radius 3 is 2.60 bits per heavy atom. The van der Waals surface area contributed by atoms with Crippen molar-refractivity contribution in [3.05, 3.63) is 26.7 Å². The van der Waals surface area contributed by atoms with E-state index in [4.69, 9.17) is 23.2 Å². The van der Waals surface area contributed by atoms with E-state index in [9.17, 15) is 0 Å². The quantitative estimate of drug-likeness (QED) is 0.778. The van der Waals surface area contributed by atoms with Gasteiger partial charge in [0.2, 0.25) is 0 Å². The van der Waals surface area contributed by atoms with E-state index in [0.717, 1.165) is 22.6 Å². The molecule has 1 aliphatic carbocycles. The van der Waals surface area contributed by atoms with Gasteiger partial charge in [-0.2, -0.15) is 0 Å². The maximum absolute atomic E-state index is 6.12. The second-order valence-corrected chi connectivity index (χ2v) is 5.51. The van der Waals surface area contributed by atoms with Crippen LogP contribution in [-0.2, 0) is 0 Å². The summed E-state index contributed by atoms with van der Waals surface area (Å²) in [4.78, 5) is 0. The fourth-order valence-electron chi connectivity index (χ4n) is 1.61. The van der Waals surface area contributed by atoms with Crippen molar-refractivity contribution in [1.82, 2.24) is 0 Å². The van der Waals surface area contributed by atoms with Crippen LogP contribution in [0.15, 0.2) is 16.6 Å². The first kappa shape index (κ1) is 11.6. The molecule has 0 aliphatic heterocycles. The van der Waals surface area contributed by atoms with Crippen molar-refractivity contribution in [2.45, 2.75) is 19.3 Å². The second-order valence-electron chi connectivity index (χ2n) is 3.90. The lowest BCUT2D eigenvalue weighted by Crippen LogP contribution is -2.20. The molecule has 1 aliphatic rings. The van der Waals surface area contributed by atoms with E-state index in [1.807, 2.05) is 12.1 Å². The first-order valence-corrected chi connectivity index (χ1v) is 6.60. The number of halogens is 3. The summed E-state index contributed by atoms with van der Waals surface area (Å²) in [6.07, 6.45) is 4.02. The van der Waals surface area contributed by atoms with E-state index in [-0.39, 0.29) is 0 Å². The fraction of sp³-hybridized carbons (Fsp3) is 0.455. The van der Waals surface area contributed by atoms with Crippen LogP contribution < -0.4 is 5.32 Å². The molecule has 0 aromatic heterocycles. The molecular formula is C11H12BrCl2N. The van der Waals surface area contributed by atoms with Crippen molar-refractivity contribution >= 4 is 44.8 Å². The normalized spacial score (nSPS) is 16.2. The van der Waals surface area contributed by atoms with Crippen LogP contribution in [0.3, 0.4) is 0 Å². The van der Waals surface area contributed by atoms with Gasteiger partial charge in [0, 0.05) is 11.0 Å². The van der Waals surface area contributed by atoms with E-state index in [1.165, 1.54) is 19.3 Å². The molecule has 15 heavy (non-hydrogen) atoms. The molecule has 4 heteroatoms. The number of hydrogen-bond donors (Lipinski definition) is 1. The SMILES string of the molecule is Clc1c(Br)ccc(NCC2CCC2)c1Cl. The smallest absolute Gasteiger partial charge is 0.0835 e. The topological polar surface area (TPSA) is 12.0 Å². The largest absolute Gasteiger partial charge is 0.384 e. The predicted octanol–water partition coefficient (Wildman–Crippen LogP) is 4.97. The van der Waals surface area contributed by atoms with E-state index < -0.39 is 0 Å². The third-order valence-corrected chi connectivity index (χ3v) is 4.61. The van der Waals surface area contributed by atoms with Gasteiger partial charge in [-0.1, -0.05) is 29.6 Å². The van der Waals surface area contributed by atoms with Gasteiger partial charge >= 0.3 is 0 Å². The summed E-state index contributed by atoms with van der Waals surface area (Å²) in [6.45, 7) is 0.998. The number of hydrogen-bond acceptors (Lipinski definition) is 1. The zero-order valence-corrected chi connectivity index (χ0v) is 11.3. The minimum absolute atomic E-state index is 0.579. The van der Waals surface area contributed by atoms with Crippen LogP contribution in [0.1, 0.15) is 19.3 Å². The Labute approximate surface area is 108 Å². The number of nitrogens with one attached hydrogen (secondary N) is 1. The van der Waals surface area contributed by atoms with Crippen molar-refractivity contribution in [3.63, 3.8) is 0 Å². The Morgan fingerprint density at radius 1 is 1.27 bits per heavy atom. The zero-order chi connectivity index (χ0) is 10.8. The number of rotatable bonds is 3. The first-order chi connectivity index (χ1) is 7.18. The fourth-order valence-corrected chi connectivity index (χ4v) is 2.45. The average Bonchev–Trinajstić information content (AvgIpc) is 2.15. The molecule has 0 saturated heterocycles. The molecule has 0 heterocycles. The molecule has 82 valence electrons. The lowest BCUT2D eigenvalue weighted by Gasteiger charge is -2.26. The van der Waals surface area contributed by atoms with Gasteiger partial charge in [0.05, 0.1) is 15.7 Å². The van der Waals surface area contributed by atoms with Crippen LogP contribution in [-0.4, -0.2) is 6.54 Å². The average molecular weight is 309 g/mol. The number of anilines is 1. The van der Waals surface area contributed by atoms with Crippen LogP contribution in [0.2, 0.25) is 10.0 Å². The third-order valence-electron chi connectivity index (χ3n) is 2.84. The molecule has 2 rings (SSSR count). The molecule has 1 nitrogen and oxygen atoms in total. The third kappa shape index (κ3) is 2.61. The highest BCUT2D eigenvalue weighted by Gasteiger charge is 2.17. The lowest BCUT2D eigenvalue weighted by molar-refractivity contribution is 0.333. The summed E-state index contributed by atoms with van der Waals surface area (Å²) in [5.74, 6) is 0.809. The molecule has 1 fully saturated rings. The summed E-state index contributed by atoms with van der Waals surface area (Å²) in [7, 11) is 0. The minimum atomic E-state index is 0.579. The van der Waals surface area contributed by atoms with Gasteiger partial charge in [-0.25, -0.2) is 0 Å². The van der Waals surface area contributed by atoms with Gasteiger partial charge < -0.3 is 5.32 Å². The Morgan fingerprint density at radius 2 is 2.00 bits per heavy atom. The molecule has 0 unspecified atom stereocenters. The monoisotopic (exact) mass is 307 g/mol. The molecule has 0 bridgehead atoms. The Kier molecular flexibility index (Phi) is 3.81. The molecule has 0 radical (unpaired) electrons. The van der Waals surface area contributed by atoms with Crippen molar-refractivity contribution in [1.29, 1.82) is 0 Å². The summed E-state index contributed by atoms with van der Waals surface area (Å²) in [5.41, 5.74) is 0.928. The summed E-state index contributed by atoms with van der Waals surface area (Å²) in [5, 5.41) is 4.53. The highest BCUT2D eigenvalue weighted by atomic mass is 79.9. The molecule has 1 N–H and O–H groups in total. The molecule has 0 spiro atoms. The molecule has 0 atom stereocenters. The van der Waals surface area contributed by atoms with E-state index in [1.54, 1.807) is 0 Å². The van der Waals surface area contributed by atoms with Crippen molar-refractivity contribution in [3.8, 4) is 0 Å². The predicted molar refractivity (Wildman–Crippen MR) is 70.0 cm³/mol. The van der Waals surface area contributed by atoms with Gasteiger partial charge in [-0.15, -0.1) is 0 Å². The van der Waals surface area contributed by atoms with Crippen molar-refractivity contribution in [2.24, 2.45) is 5.92 Å². The van der Waals surface area contributed by atoms with Crippen LogP contribution in [0.5, 0.6) is 0 Å². The molecular weight excluding hydrogens is 297 g/mol. The maximum Gasteiger partial charge on any atom is 0.0835 e. The van der Waals surface area contributed by atoms with Gasteiger partial charge in [0.15, 0.2) is 0 Å². The Balaban J connectivity index is 2.04. The Hall–Kier alpha value is 0.0800. The van der Waals surface area contributed by atoms with Gasteiger partial charge in [0.1, 0.15) is 0 Å². The summed E-state index contributed by atoms with van der Waals surface area (Å²) in [6, 6.07) is 3.87. The van der Waals surface area contributed by atoms with Crippen LogP contribution in [0.4, 0.5) is 5.69 Å². The molecule has 1 aromatic carbocycles. The standard InChI is InChI=1S/C11H12BrCl2N/c12-8-4-5-9(11(14)10(8)13)15-6-7-2-1-3-7/h4-5,7,15H,1-3,6H2. The second kappa shape index (κ2) is 4.94. The molecule has 1 saturated carbocycles. The highest BCUT2D eigenvalue weighted by molar-refractivity contribution is 9.10. The van der Waals surface area contributed by atoms with E-state index in [0.29, 0.717) is 10.0 Å². The number of benzene rings is 1. The van der Waals surface area contributed by atoms with Crippen LogP contribution in [0, 0.1) is 5.92 Å².